The Balaban J connectivity index is 1.42. The molecule has 138 valence electrons. The minimum Gasteiger partial charge on any atom is -0.361 e. The highest BCUT2D eigenvalue weighted by atomic mass is 32.2. The van der Waals surface area contributed by atoms with Crippen LogP contribution in [-0.2, 0) is 11.3 Å². The maximum absolute atomic E-state index is 12.4. The van der Waals surface area contributed by atoms with Gasteiger partial charge in [-0.25, -0.2) is 0 Å². The van der Waals surface area contributed by atoms with Crippen molar-refractivity contribution < 1.29 is 14.2 Å². The second-order valence-electron chi connectivity index (χ2n) is 6.13. The van der Waals surface area contributed by atoms with Crippen molar-refractivity contribution in [2.24, 2.45) is 0 Å². The summed E-state index contributed by atoms with van der Waals surface area (Å²) in [5, 5.41) is 14.7. The van der Waals surface area contributed by atoms with Crippen molar-refractivity contribution in [2.45, 2.75) is 18.4 Å². The Morgan fingerprint density at radius 3 is 2.54 bits per heavy atom. The highest BCUT2D eigenvalue weighted by Gasteiger charge is 2.21. The number of nitrogens with zero attached hydrogens (tertiary/aromatic N) is 4. The highest BCUT2D eigenvalue weighted by molar-refractivity contribution is 8.00. The number of nitro groups is 1. The number of benzene rings is 1. The van der Waals surface area contributed by atoms with Crippen LogP contribution >= 0.6 is 11.8 Å². The summed E-state index contributed by atoms with van der Waals surface area (Å²) in [7, 11) is 0. The van der Waals surface area contributed by atoms with Crippen molar-refractivity contribution >= 4 is 23.4 Å². The van der Waals surface area contributed by atoms with E-state index in [4.69, 9.17) is 4.52 Å². The summed E-state index contributed by atoms with van der Waals surface area (Å²) in [6.45, 7) is 5.60. The number of rotatable bonds is 6. The third-order valence-electron chi connectivity index (χ3n) is 4.20. The van der Waals surface area contributed by atoms with E-state index in [1.165, 1.54) is 23.9 Å². The minimum absolute atomic E-state index is 0.0547. The van der Waals surface area contributed by atoms with Gasteiger partial charge in [-0.1, -0.05) is 5.16 Å². The molecule has 1 aromatic carbocycles. The molecule has 1 aromatic heterocycles. The Morgan fingerprint density at radius 1 is 1.27 bits per heavy atom. The topological polar surface area (TPSA) is 92.7 Å². The van der Waals surface area contributed by atoms with E-state index in [1.807, 2.05) is 17.9 Å². The summed E-state index contributed by atoms with van der Waals surface area (Å²) < 4.78 is 5.08. The summed E-state index contributed by atoms with van der Waals surface area (Å²) in [5.41, 5.74) is 0.968. The molecule has 1 saturated heterocycles. The standard InChI is InChI=1S/C17H20N4O4S/c1-13-10-14(18-25-13)11-19-6-8-20(9-7-19)17(22)12-26-16-4-2-15(3-5-16)21(23)24/h2-5,10H,6-9,11-12H2,1H3. The fourth-order valence-corrected chi connectivity index (χ4v) is 3.58. The van der Waals surface area contributed by atoms with Gasteiger partial charge in [-0.3, -0.25) is 19.8 Å². The lowest BCUT2D eigenvalue weighted by molar-refractivity contribution is -0.384. The number of hydrogen-bond acceptors (Lipinski definition) is 7. The lowest BCUT2D eigenvalue weighted by Crippen LogP contribution is -2.48. The molecule has 9 heteroatoms. The quantitative estimate of drug-likeness (QED) is 0.434. The van der Waals surface area contributed by atoms with Gasteiger partial charge in [0.2, 0.25) is 5.91 Å². The van der Waals surface area contributed by atoms with Gasteiger partial charge in [0, 0.05) is 55.8 Å². The van der Waals surface area contributed by atoms with E-state index in [2.05, 4.69) is 10.1 Å². The molecule has 0 aliphatic carbocycles. The maximum atomic E-state index is 12.4. The Kier molecular flexibility index (Phi) is 5.89. The van der Waals surface area contributed by atoms with Gasteiger partial charge in [0.15, 0.2) is 0 Å². The minimum atomic E-state index is -0.431. The number of aryl methyl sites for hydroxylation is 1. The van der Waals surface area contributed by atoms with Gasteiger partial charge in [0.1, 0.15) is 5.76 Å². The van der Waals surface area contributed by atoms with Crippen LogP contribution in [0.2, 0.25) is 0 Å². The van der Waals surface area contributed by atoms with Crippen molar-refractivity contribution in [2.75, 3.05) is 31.9 Å². The molecule has 0 radical (unpaired) electrons. The lowest BCUT2D eigenvalue weighted by atomic mass is 10.3. The molecule has 0 atom stereocenters. The van der Waals surface area contributed by atoms with Crippen LogP contribution in [0.1, 0.15) is 11.5 Å². The smallest absolute Gasteiger partial charge is 0.269 e. The molecular formula is C17H20N4O4S. The first kappa shape index (κ1) is 18.4. The van der Waals surface area contributed by atoms with Crippen molar-refractivity contribution in [3.63, 3.8) is 0 Å². The summed E-state index contributed by atoms with van der Waals surface area (Å²) in [4.78, 5) is 27.6. The molecule has 2 heterocycles. The number of aromatic nitrogens is 1. The number of nitro benzene ring substituents is 1. The maximum Gasteiger partial charge on any atom is 0.269 e. The summed E-state index contributed by atoms with van der Waals surface area (Å²) in [5.74, 6) is 1.22. The number of thioether (sulfide) groups is 1. The molecule has 8 nitrogen and oxygen atoms in total. The fourth-order valence-electron chi connectivity index (χ4n) is 2.78. The molecular weight excluding hydrogens is 356 g/mol. The van der Waals surface area contributed by atoms with Gasteiger partial charge >= 0.3 is 0 Å². The number of piperazine rings is 1. The third kappa shape index (κ3) is 4.83. The molecule has 2 aromatic rings. The van der Waals surface area contributed by atoms with Gasteiger partial charge in [-0.15, -0.1) is 11.8 Å². The predicted octanol–water partition coefficient (Wildman–Crippen LogP) is 2.33. The zero-order valence-electron chi connectivity index (χ0n) is 14.5. The number of amides is 1. The SMILES string of the molecule is Cc1cc(CN2CCN(C(=O)CSc3ccc([N+](=O)[O-])cc3)CC2)no1. The molecule has 1 aliphatic rings. The van der Waals surface area contributed by atoms with Crippen molar-refractivity contribution in [3.8, 4) is 0 Å². The van der Waals surface area contributed by atoms with E-state index >= 15 is 0 Å². The molecule has 0 N–H and O–H groups in total. The first-order chi connectivity index (χ1) is 12.5. The molecule has 0 bridgehead atoms. The predicted molar refractivity (Wildman–Crippen MR) is 96.9 cm³/mol. The second kappa shape index (κ2) is 8.33. The van der Waals surface area contributed by atoms with Crippen LogP contribution in [0.4, 0.5) is 5.69 Å². The van der Waals surface area contributed by atoms with Gasteiger partial charge in [-0.2, -0.15) is 0 Å². The van der Waals surface area contributed by atoms with Crippen LogP contribution in [0.3, 0.4) is 0 Å². The first-order valence-electron chi connectivity index (χ1n) is 8.31. The van der Waals surface area contributed by atoms with Crippen molar-refractivity contribution in [1.29, 1.82) is 0 Å². The number of non-ortho nitro benzene ring substituents is 1. The number of carbonyl (C=O) groups excluding carboxylic acids is 1. The largest absolute Gasteiger partial charge is 0.361 e. The number of hydrogen-bond donors (Lipinski definition) is 0. The summed E-state index contributed by atoms with van der Waals surface area (Å²) in [6, 6.07) is 8.19. The van der Waals surface area contributed by atoms with Crippen LogP contribution in [-0.4, -0.2) is 57.7 Å². The van der Waals surface area contributed by atoms with Crippen LogP contribution in [0.25, 0.3) is 0 Å². The Bertz CT molecular complexity index is 769. The van der Waals surface area contributed by atoms with Crippen molar-refractivity contribution in [3.05, 3.63) is 51.9 Å². The van der Waals surface area contributed by atoms with Gasteiger partial charge in [0.25, 0.3) is 5.69 Å². The third-order valence-corrected chi connectivity index (χ3v) is 5.19. The van der Waals surface area contributed by atoms with E-state index in [0.29, 0.717) is 18.8 Å². The van der Waals surface area contributed by atoms with Gasteiger partial charge in [0.05, 0.1) is 16.4 Å². The molecule has 0 spiro atoms. The molecule has 3 rings (SSSR count). The molecule has 1 fully saturated rings. The van der Waals surface area contributed by atoms with Crippen LogP contribution in [0, 0.1) is 17.0 Å². The van der Waals surface area contributed by atoms with E-state index in [1.54, 1.807) is 12.1 Å². The van der Waals surface area contributed by atoms with Gasteiger partial charge in [-0.05, 0) is 19.1 Å². The normalized spacial score (nSPS) is 15.2. The van der Waals surface area contributed by atoms with E-state index in [-0.39, 0.29) is 11.6 Å². The van der Waals surface area contributed by atoms with Crippen LogP contribution < -0.4 is 0 Å². The van der Waals surface area contributed by atoms with Gasteiger partial charge < -0.3 is 9.42 Å². The van der Waals surface area contributed by atoms with Crippen molar-refractivity contribution in [1.82, 2.24) is 15.0 Å². The number of carbonyl (C=O) groups is 1. The zero-order valence-corrected chi connectivity index (χ0v) is 15.3. The zero-order chi connectivity index (χ0) is 18.5. The van der Waals surface area contributed by atoms with Crippen LogP contribution in [0.5, 0.6) is 0 Å². The average molecular weight is 376 g/mol. The molecule has 1 aliphatic heterocycles. The highest BCUT2D eigenvalue weighted by Crippen LogP contribution is 2.22. The van der Waals surface area contributed by atoms with E-state index in [0.717, 1.165) is 36.0 Å². The second-order valence-corrected chi connectivity index (χ2v) is 7.17. The Morgan fingerprint density at radius 2 is 1.96 bits per heavy atom. The average Bonchev–Trinajstić information content (AvgIpc) is 3.05. The summed E-state index contributed by atoms with van der Waals surface area (Å²) >= 11 is 1.40. The molecule has 26 heavy (non-hydrogen) atoms. The monoisotopic (exact) mass is 376 g/mol. The Labute approximate surface area is 155 Å². The lowest BCUT2D eigenvalue weighted by Gasteiger charge is -2.34. The summed E-state index contributed by atoms with van der Waals surface area (Å²) in [6.07, 6.45) is 0. The fraction of sp³-hybridized carbons (Fsp3) is 0.412. The molecule has 0 saturated carbocycles. The molecule has 0 unspecified atom stereocenters. The van der Waals surface area contributed by atoms with E-state index < -0.39 is 4.92 Å². The molecule has 1 amide bonds. The van der Waals surface area contributed by atoms with Crippen LogP contribution in [0.15, 0.2) is 39.8 Å². The first-order valence-corrected chi connectivity index (χ1v) is 9.29. The Hall–Kier alpha value is -2.39. The van der Waals surface area contributed by atoms with E-state index in [9.17, 15) is 14.9 Å².